The molecule has 1 aliphatic carbocycles. The Morgan fingerprint density at radius 3 is 2.64 bits per heavy atom. The van der Waals surface area contributed by atoms with Gasteiger partial charge in [-0.05, 0) is 53.8 Å². The average Bonchev–Trinajstić information content (AvgIpc) is 3.58. The minimum absolute atomic E-state index is 0.101. The highest BCUT2D eigenvalue weighted by Crippen LogP contribution is 2.55. The van der Waals surface area contributed by atoms with Crippen molar-refractivity contribution in [2.24, 2.45) is 7.05 Å². The van der Waals surface area contributed by atoms with E-state index in [1.807, 2.05) is 36.1 Å². The SMILES string of the molecule is CC[C@@H]1COc2ccccc2CN1Cc1cccc(-c2cccc(-n3ncc(C(=O)OC)c3[C@@H]3C[C@H]3c3cn(C)nn3)c2)c1. The number of esters is 1. The highest BCUT2D eigenvalue weighted by molar-refractivity contribution is 5.91. The number of nitrogens with zero attached hydrogens (tertiary/aromatic N) is 6. The highest BCUT2D eigenvalue weighted by Gasteiger charge is 2.46. The van der Waals surface area contributed by atoms with Crippen molar-refractivity contribution in [1.82, 2.24) is 29.7 Å². The van der Waals surface area contributed by atoms with Crippen LogP contribution >= 0.6 is 0 Å². The maximum absolute atomic E-state index is 12.8. The number of rotatable bonds is 8. The van der Waals surface area contributed by atoms with Crippen molar-refractivity contribution in [2.75, 3.05) is 13.7 Å². The van der Waals surface area contributed by atoms with Crippen molar-refractivity contribution in [1.29, 1.82) is 0 Å². The number of para-hydroxylation sites is 1. The summed E-state index contributed by atoms with van der Waals surface area (Å²) in [5.41, 5.74) is 7.87. The zero-order valence-electron chi connectivity index (χ0n) is 25.3. The molecule has 0 radical (unpaired) electrons. The molecule has 0 unspecified atom stereocenters. The molecule has 1 saturated carbocycles. The number of aryl methyl sites for hydroxylation is 1. The van der Waals surface area contributed by atoms with E-state index < -0.39 is 0 Å². The standard InChI is InChI=1S/C35H36N6O3/c1-4-27-22-44-33-14-6-5-10-26(33)20-40(27)19-23-9-7-11-24(15-23)25-12-8-13-28(16-25)41-34(31(18-36-41)35(42)43-3)30-17-29(30)32-21-39(2)38-37-32/h5-16,18,21,27,29-30H,4,17,19-20,22H2,1-3H3/t27-,29-,30-/m1/s1. The van der Waals surface area contributed by atoms with Gasteiger partial charge in [-0.15, -0.1) is 5.10 Å². The van der Waals surface area contributed by atoms with Gasteiger partial charge in [-0.25, -0.2) is 9.48 Å². The highest BCUT2D eigenvalue weighted by atomic mass is 16.5. The number of ether oxygens (including phenoxy) is 2. The molecule has 1 fully saturated rings. The molecule has 0 saturated heterocycles. The quantitative estimate of drug-likeness (QED) is 0.209. The van der Waals surface area contributed by atoms with Crippen LogP contribution in [-0.4, -0.2) is 55.4 Å². The summed E-state index contributed by atoms with van der Waals surface area (Å²) in [6, 6.07) is 25.8. The number of fused-ring (bicyclic) bond motifs is 1. The molecule has 0 spiro atoms. The van der Waals surface area contributed by atoms with Gasteiger partial charge in [0, 0.05) is 49.8 Å². The average molecular weight is 589 g/mol. The maximum atomic E-state index is 12.8. The molecule has 2 aliphatic rings. The Balaban J connectivity index is 1.18. The summed E-state index contributed by atoms with van der Waals surface area (Å²) < 4.78 is 14.9. The molecule has 3 heterocycles. The van der Waals surface area contributed by atoms with Gasteiger partial charge >= 0.3 is 5.97 Å². The molecule has 3 atom stereocenters. The fourth-order valence-electron chi connectivity index (χ4n) is 6.42. The first kappa shape index (κ1) is 28.0. The molecule has 44 heavy (non-hydrogen) atoms. The lowest BCUT2D eigenvalue weighted by Crippen LogP contribution is -2.36. The number of benzene rings is 3. The lowest BCUT2D eigenvalue weighted by molar-refractivity contribution is 0.0599. The molecular formula is C35H36N6O3. The van der Waals surface area contributed by atoms with Crippen molar-refractivity contribution < 1.29 is 14.3 Å². The summed E-state index contributed by atoms with van der Waals surface area (Å²) in [5, 5.41) is 13.1. The van der Waals surface area contributed by atoms with Crippen LogP contribution in [0.5, 0.6) is 5.75 Å². The van der Waals surface area contributed by atoms with Gasteiger partial charge in [-0.2, -0.15) is 5.10 Å². The third-order valence-electron chi connectivity index (χ3n) is 8.86. The predicted octanol–water partition coefficient (Wildman–Crippen LogP) is 5.90. The number of carbonyl (C=O) groups excluding carboxylic acids is 1. The van der Waals surface area contributed by atoms with Gasteiger partial charge in [-0.3, -0.25) is 9.58 Å². The second-order valence-corrected chi connectivity index (χ2v) is 11.7. The van der Waals surface area contributed by atoms with Crippen LogP contribution in [0.25, 0.3) is 16.8 Å². The Labute approximate surface area is 257 Å². The number of hydrogen-bond donors (Lipinski definition) is 0. The largest absolute Gasteiger partial charge is 0.492 e. The van der Waals surface area contributed by atoms with E-state index in [9.17, 15) is 4.79 Å². The third kappa shape index (κ3) is 5.39. The van der Waals surface area contributed by atoms with Crippen molar-refractivity contribution in [3.8, 4) is 22.6 Å². The molecule has 0 N–H and O–H groups in total. The van der Waals surface area contributed by atoms with E-state index in [2.05, 4.69) is 81.8 Å². The van der Waals surface area contributed by atoms with E-state index >= 15 is 0 Å². The van der Waals surface area contributed by atoms with Crippen LogP contribution in [0.15, 0.2) is 85.2 Å². The summed E-state index contributed by atoms with van der Waals surface area (Å²) in [7, 11) is 3.27. The lowest BCUT2D eigenvalue weighted by atomic mass is 10.0. The zero-order valence-corrected chi connectivity index (χ0v) is 25.3. The first-order valence-electron chi connectivity index (χ1n) is 15.2. The normalized spacial score (nSPS) is 19.6. The second-order valence-electron chi connectivity index (χ2n) is 11.7. The fraction of sp³-hybridized carbons (Fsp3) is 0.314. The van der Waals surface area contributed by atoms with Crippen LogP contribution < -0.4 is 4.74 Å². The van der Waals surface area contributed by atoms with Crippen LogP contribution in [0.1, 0.15) is 64.5 Å². The van der Waals surface area contributed by atoms with Crippen LogP contribution in [0.2, 0.25) is 0 Å². The summed E-state index contributed by atoms with van der Waals surface area (Å²) >= 11 is 0. The van der Waals surface area contributed by atoms with E-state index in [4.69, 9.17) is 9.47 Å². The van der Waals surface area contributed by atoms with Gasteiger partial charge in [0.2, 0.25) is 0 Å². The molecule has 1 aliphatic heterocycles. The van der Waals surface area contributed by atoms with E-state index in [-0.39, 0.29) is 17.8 Å². The Morgan fingerprint density at radius 2 is 1.84 bits per heavy atom. The van der Waals surface area contributed by atoms with Gasteiger partial charge in [0.15, 0.2) is 0 Å². The van der Waals surface area contributed by atoms with E-state index in [1.165, 1.54) is 18.2 Å². The Bertz CT molecular complexity index is 1810. The molecule has 9 heteroatoms. The smallest absolute Gasteiger partial charge is 0.341 e. The van der Waals surface area contributed by atoms with Crippen LogP contribution in [0.4, 0.5) is 0 Å². The topological polar surface area (TPSA) is 87.3 Å². The van der Waals surface area contributed by atoms with E-state index in [0.717, 1.165) is 59.9 Å². The number of carbonyl (C=O) groups is 1. The summed E-state index contributed by atoms with van der Waals surface area (Å²) in [6.07, 6.45) is 5.46. The minimum Gasteiger partial charge on any atom is -0.492 e. The van der Waals surface area contributed by atoms with Gasteiger partial charge in [0.05, 0.1) is 30.4 Å². The third-order valence-corrected chi connectivity index (χ3v) is 8.86. The predicted molar refractivity (Wildman–Crippen MR) is 167 cm³/mol. The summed E-state index contributed by atoms with van der Waals surface area (Å²) in [6.45, 7) is 4.61. The van der Waals surface area contributed by atoms with Crippen molar-refractivity contribution >= 4 is 5.97 Å². The molecule has 5 aromatic rings. The number of methoxy groups -OCH3 is 1. The number of aromatic nitrogens is 5. The number of hydrogen-bond acceptors (Lipinski definition) is 7. The Morgan fingerprint density at radius 1 is 1.02 bits per heavy atom. The van der Waals surface area contributed by atoms with Crippen molar-refractivity contribution in [3.05, 3.63) is 113 Å². The van der Waals surface area contributed by atoms with Crippen molar-refractivity contribution in [3.63, 3.8) is 0 Å². The second kappa shape index (κ2) is 11.7. The van der Waals surface area contributed by atoms with E-state index in [1.54, 1.807) is 10.9 Å². The molecule has 0 amide bonds. The van der Waals surface area contributed by atoms with E-state index in [0.29, 0.717) is 18.2 Å². The van der Waals surface area contributed by atoms with Gasteiger partial charge < -0.3 is 9.47 Å². The molecule has 0 bridgehead atoms. The van der Waals surface area contributed by atoms with Crippen LogP contribution in [-0.2, 0) is 24.9 Å². The Kier molecular flexibility index (Phi) is 7.47. The molecule has 2 aromatic heterocycles. The zero-order chi connectivity index (χ0) is 30.2. The van der Waals surface area contributed by atoms with Gasteiger partial charge in [0.1, 0.15) is 17.9 Å². The van der Waals surface area contributed by atoms with Gasteiger partial charge in [-0.1, -0.05) is 60.7 Å². The minimum atomic E-state index is -0.383. The summed E-state index contributed by atoms with van der Waals surface area (Å²) in [4.78, 5) is 15.3. The van der Waals surface area contributed by atoms with Crippen LogP contribution in [0.3, 0.4) is 0 Å². The molecule has 7 rings (SSSR count). The van der Waals surface area contributed by atoms with Gasteiger partial charge in [0.25, 0.3) is 0 Å². The monoisotopic (exact) mass is 588 g/mol. The first-order valence-corrected chi connectivity index (χ1v) is 15.2. The molecule has 3 aromatic carbocycles. The molecular weight excluding hydrogens is 552 g/mol. The first-order chi connectivity index (χ1) is 21.5. The fourth-order valence-corrected chi connectivity index (χ4v) is 6.42. The Hall–Kier alpha value is -4.76. The molecule has 224 valence electrons. The summed E-state index contributed by atoms with van der Waals surface area (Å²) in [5.74, 6) is 0.892. The maximum Gasteiger partial charge on any atom is 0.341 e. The van der Waals surface area contributed by atoms with Crippen molar-refractivity contribution in [2.45, 2.75) is 50.7 Å². The molecule has 9 nitrogen and oxygen atoms in total. The lowest BCUT2D eigenvalue weighted by Gasteiger charge is -2.28. The van der Waals surface area contributed by atoms with Crippen LogP contribution in [0, 0.1) is 0 Å².